The lowest BCUT2D eigenvalue weighted by Crippen LogP contribution is -2.26. The molecular weight excluding hydrogens is 256 g/mol. The summed E-state index contributed by atoms with van der Waals surface area (Å²) in [6.45, 7) is 0. The van der Waals surface area contributed by atoms with Crippen molar-refractivity contribution in [1.29, 1.82) is 0 Å². The van der Waals surface area contributed by atoms with Gasteiger partial charge in [0.1, 0.15) is 0 Å². The van der Waals surface area contributed by atoms with Gasteiger partial charge < -0.3 is 10.3 Å². The Balaban J connectivity index is 1.59. The summed E-state index contributed by atoms with van der Waals surface area (Å²) in [5.74, 6) is 2.38. The minimum absolute atomic E-state index is 0.0904. The molecule has 104 valence electrons. The summed E-state index contributed by atoms with van der Waals surface area (Å²) >= 11 is 0. The first kappa shape index (κ1) is 11.7. The van der Waals surface area contributed by atoms with Crippen LogP contribution in [0.5, 0.6) is 0 Å². The summed E-state index contributed by atoms with van der Waals surface area (Å²) in [7, 11) is 0. The number of anilines is 1. The van der Waals surface area contributed by atoms with Gasteiger partial charge in [-0.25, -0.2) is 4.98 Å². The van der Waals surface area contributed by atoms with Crippen LogP contribution in [0.4, 0.5) is 11.6 Å². The van der Waals surface area contributed by atoms with Crippen molar-refractivity contribution in [1.82, 2.24) is 9.97 Å². The average molecular weight is 272 g/mol. The molecule has 6 heteroatoms. The summed E-state index contributed by atoms with van der Waals surface area (Å²) in [4.78, 5) is 18.0. The van der Waals surface area contributed by atoms with Gasteiger partial charge in [0.2, 0.25) is 5.95 Å². The Morgan fingerprint density at radius 2 is 2.25 bits per heavy atom. The van der Waals surface area contributed by atoms with Crippen LogP contribution >= 0.6 is 0 Å². The van der Waals surface area contributed by atoms with E-state index in [4.69, 9.17) is 0 Å². The van der Waals surface area contributed by atoms with Crippen LogP contribution in [-0.2, 0) is 0 Å². The summed E-state index contributed by atoms with van der Waals surface area (Å²) in [5, 5.41) is 14.2. The van der Waals surface area contributed by atoms with Crippen LogP contribution in [0.3, 0.4) is 0 Å². The van der Waals surface area contributed by atoms with Crippen LogP contribution in [0.2, 0.25) is 0 Å². The molecule has 3 atom stereocenters. The number of nitro benzene ring substituents is 1. The Kier molecular flexibility index (Phi) is 2.45. The summed E-state index contributed by atoms with van der Waals surface area (Å²) < 4.78 is 0. The van der Waals surface area contributed by atoms with Gasteiger partial charge in [0.15, 0.2) is 0 Å². The number of rotatable bonds is 3. The predicted octanol–water partition coefficient (Wildman–Crippen LogP) is 3.07. The van der Waals surface area contributed by atoms with Gasteiger partial charge in [-0.1, -0.05) is 6.42 Å². The van der Waals surface area contributed by atoms with Gasteiger partial charge in [0.25, 0.3) is 5.69 Å². The second kappa shape index (κ2) is 4.19. The number of non-ortho nitro benzene ring substituents is 1. The van der Waals surface area contributed by atoms with Crippen LogP contribution < -0.4 is 5.32 Å². The molecule has 2 saturated carbocycles. The summed E-state index contributed by atoms with van der Waals surface area (Å²) in [5.41, 5.74) is 1.57. The van der Waals surface area contributed by atoms with Gasteiger partial charge >= 0.3 is 0 Å². The fourth-order valence-corrected chi connectivity index (χ4v) is 3.78. The van der Waals surface area contributed by atoms with Crippen molar-refractivity contribution in [2.24, 2.45) is 11.8 Å². The van der Waals surface area contributed by atoms with Crippen molar-refractivity contribution in [2.45, 2.75) is 31.7 Å². The molecule has 0 saturated heterocycles. The Bertz CT molecular complexity index is 681. The van der Waals surface area contributed by atoms with Gasteiger partial charge in [0.05, 0.1) is 16.0 Å². The number of nitrogens with zero attached hydrogens (tertiary/aromatic N) is 2. The minimum atomic E-state index is -0.386. The first-order chi connectivity index (χ1) is 9.69. The maximum absolute atomic E-state index is 10.8. The lowest BCUT2D eigenvalue weighted by molar-refractivity contribution is -0.384. The van der Waals surface area contributed by atoms with Crippen LogP contribution in [0, 0.1) is 22.0 Å². The van der Waals surface area contributed by atoms with E-state index in [9.17, 15) is 10.1 Å². The molecule has 0 spiro atoms. The molecule has 2 bridgehead atoms. The van der Waals surface area contributed by atoms with E-state index in [0.717, 1.165) is 23.3 Å². The Morgan fingerprint density at radius 1 is 1.35 bits per heavy atom. The number of nitrogens with one attached hydrogen (secondary N) is 2. The van der Waals surface area contributed by atoms with E-state index in [1.165, 1.54) is 37.8 Å². The molecular formula is C14H16N4O2. The van der Waals surface area contributed by atoms with Crippen molar-refractivity contribution in [3.63, 3.8) is 0 Å². The van der Waals surface area contributed by atoms with E-state index >= 15 is 0 Å². The Morgan fingerprint density at radius 3 is 2.95 bits per heavy atom. The average Bonchev–Trinajstić information content (AvgIpc) is 3.11. The zero-order valence-electron chi connectivity index (χ0n) is 11.0. The molecule has 20 heavy (non-hydrogen) atoms. The fourth-order valence-electron chi connectivity index (χ4n) is 3.78. The topological polar surface area (TPSA) is 83.8 Å². The highest BCUT2D eigenvalue weighted by molar-refractivity contribution is 5.79. The minimum Gasteiger partial charge on any atom is -0.353 e. The van der Waals surface area contributed by atoms with E-state index in [0.29, 0.717) is 11.6 Å². The lowest BCUT2D eigenvalue weighted by Gasteiger charge is -2.22. The number of benzene rings is 1. The highest BCUT2D eigenvalue weighted by Gasteiger charge is 2.39. The predicted molar refractivity (Wildman–Crippen MR) is 75.6 cm³/mol. The summed E-state index contributed by atoms with van der Waals surface area (Å²) in [6.07, 6.45) is 5.24. The molecule has 0 aliphatic heterocycles. The van der Waals surface area contributed by atoms with Gasteiger partial charge in [0, 0.05) is 18.2 Å². The number of fused-ring (bicyclic) bond motifs is 3. The number of aromatic nitrogens is 2. The first-order valence-corrected chi connectivity index (χ1v) is 7.10. The van der Waals surface area contributed by atoms with Crippen molar-refractivity contribution in [3.05, 3.63) is 28.3 Å². The molecule has 0 radical (unpaired) electrons. The number of hydrogen-bond acceptors (Lipinski definition) is 4. The van der Waals surface area contributed by atoms with Crippen molar-refractivity contribution < 1.29 is 4.92 Å². The third kappa shape index (κ3) is 1.83. The van der Waals surface area contributed by atoms with Crippen LogP contribution in [0.25, 0.3) is 11.0 Å². The molecule has 6 nitrogen and oxygen atoms in total. The number of imidazole rings is 1. The van der Waals surface area contributed by atoms with Crippen LogP contribution in [0.1, 0.15) is 25.7 Å². The maximum atomic E-state index is 10.8. The SMILES string of the molecule is O=[N+]([O-])c1ccc2nc(NC3CC4CCC3C4)[nH]c2c1. The van der Waals surface area contributed by atoms with Crippen LogP contribution in [-0.4, -0.2) is 20.9 Å². The third-order valence-corrected chi connectivity index (χ3v) is 4.74. The largest absolute Gasteiger partial charge is 0.353 e. The highest BCUT2D eigenvalue weighted by atomic mass is 16.6. The molecule has 1 aromatic carbocycles. The first-order valence-electron chi connectivity index (χ1n) is 7.10. The normalized spacial score (nSPS) is 28.1. The van der Waals surface area contributed by atoms with Crippen molar-refractivity contribution in [2.75, 3.05) is 5.32 Å². The molecule has 1 heterocycles. The molecule has 4 rings (SSSR count). The van der Waals surface area contributed by atoms with Gasteiger partial charge in [-0.05, 0) is 37.2 Å². The monoisotopic (exact) mass is 272 g/mol. The highest BCUT2D eigenvalue weighted by Crippen LogP contribution is 2.45. The number of H-pyrrole nitrogens is 1. The molecule has 1 aromatic heterocycles. The van der Waals surface area contributed by atoms with E-state index in [-0.39, 0.29) is 10.6 Å². The standard InChI is InChI=1S/C14H16N4O2/c19-18(20)10-3-4-11-13(7-10)17-14(15-11)16-12-6-8-1-2-9(12)5-8/h3-4,7-9,12H,1-2,5-6H2,(H2,15,16,17). The zero-order chi connectivity index (χ0) is 13.7. The van der Waals surface area contributed by atoms with Crippen molar-refractivity contribution in [3.8, 4) is 0 Å². The number of aromatic amines is 1. The quantitative estimate of drug-likeness (QED) is 0.664. The molecule has 2 aliphatic carbocycles. The van der Waals surface area contributed by atoms with Gasteiger partial charge in [-0.3, -0.25) is 10.1 Å². The fraction of sp³-hybridized carbons (Fsp3) is 0.500. The van der Waals surface area contributed by atoms with E-state index in [1.807, 2.05) is 0 Å². The number of nitro groups is 1. The molecule has 2 aromatic rings. The summed E-state index contributed by atoms with van der Waals surface area (Å²) in [6, 6.07) is 5.22. The zero-order valence-corrected chi connectivity index (χ0v) is 11.0. The molecule has 3 unspecified atom stereocenters. The van der Waals surface area contributed by atoms with E-state index < -0.39 is 0 Å². The van der Waals surface area contributed by atoms with E-state index in [2.05, 4.69) is 15.3 Å². The lowest BCUT2D eigenvalue weighted by atomic mass is 9.95. The molecule has 2 fully saturated rings. The Hall–Kier alpha value is -2.11. The molecule has 2 aliphatic rings. The Labute approximate surface area is 115 Å². The maximum Gasteiger partial charge on any atom is 0.271 e. The smallest absolute Gasteiger partial charge is 0.271 e. The van der Waals surface area contributed by atoms with Crippen molar-refractivity contribution >= 4 is 22.7 Å². The molecule has 2 N–H and O–H groups in total. The number of hydrogen-bond donors (Lipinski definition) is 2. The second-order valence-electron chi connectivity index (χ2n) is 5.97. The van der Waals surface area contributed by atoms with Crippen LogP contribution in [0.15, 0.2) is 18.2 Å². The van der Waals surface area contributed by atoms with E-state index in [1.54, 1.807) is 6.07 Å². The second-order valence-corrected chi connectivity index (χ2v) is 5.97. The van der Waals surface area contributed by atoms with Gasteiger partial charge in [-0.2, -0.15) is 0 Å². The van der Waals surface area contributed by atoms with Gasteiger partial charge in [-0.15, -0.1) is 0 Å². The molecule has 0 amide bonds. The third-order valence-electron chi connectivity index (χ3n) is 4.74.